The lowest BCUT2D eigenvalue weighted by atomic mass is 10.1. The number of methoxy groups -OCH3 is 1. The third-order valence-electron chi connectivity index (χ3n) is 8.79. The molecule has 256 valence electrons. The second kappa shape index (κ2) is 15.8. The molecular formula is C35H46N8O5. The van der Waals surface area contributed by atoms with Crippen molar-refractivity contribution in [3.05, 3.63) is 75.7 Å². The van der Waals surface area contributed by atoms with Gasteiger partial charge < -0.3 is 30.4 Å². The number of benzene rings is 2. The molecule has 13 nitrogen and oxygen atoms in total. The molecule has 5 rings (SSSR count). The van der Waals surface area contributed by atoms with E-state index in [9.17, 15) is 14.4 Å². The van der Waals surface area contributed by atoms with Crippen LogP contribution in [0.15, 0.2) is 53.3 Å². The Hall–Kier alpha value is -4.91. The van der Waals surface area contributed by atoms with E-state index in [1.165, 1.54) is 7.11 Å². The monoisotopic (exact) mass is 658 g/mol. The third kappa shape index (κ3) is 7.79. The van der Waals surface area contributed by atoms with E-state index in [4.69, 9.17) is 15.2 Å². The summed E-state index contributed by atoms with van der Waals surface area (Å²) in [4.78, 5) is 55.3. The predicted molar refractivity (Wildman–Crippen MR) is 185 cm³/mol. The minimum atomic E-state index is -0.506. The SMILES string of the molecule is CCCCOc1nc(N)c2[nH]c(=O)n(C3CN(C(CCC)C(=O)NCc4ccc(CC(=O)OC)cc4)CCN3c3ccccc3C)c2n1. The Balaban J connectivity index is 1.43. The van der Waals surface area contributed by atoms with Crippen molar-refractivity contribution < 1.29 is 19.1 Å². The summed E-state index contributed by atoms with van der Waals surface area (Å²) in [5, 5.41) is 3.12. The number of piperazine rings is 1. The first kappa shape index (κ1) is 34.4. The van der Waals surface area contributed by atoms with Gasteiger partial charge in [0.25, 0.3) is 0 Å². The molecule has 0 bridgehead atoms. The van der Waals surface area contributed by atoms with Gasteiger partial charge in [0.15, 0.2) is 11.5 Å². The summed E-state index contributed by atoms with van der Waals surface area (Å²) in [5.74, 6) is -0.243. The molecule has 3 heterocycles. The highest BCUT2D eigenvalue weighted by molar-refractivity contribution is 5.83. The summed E-state index contributed by atoms with van der Waals surface area (Å²) in [6.45, 7) is 8.54. The maximum absolute atomic E-state index is 13.8. The molecule has 2 atom stereocenters. The third-order valence-corrected chi connectivity index (χ3v) is 8.79. The number of hydrogen-bond acceptors (Lipinski definition) is 10. The van der Waals surface area contributed by atoms with Crippen LogP contribution in [0.4, 0.5) is 11.5 Å². The molecule has 13 heteroatoms. The molecule has 2 unspecified atom stereocenters. The van der Waals surface area contributed by atoms with Gasteiger partial charge in [-0.05, 0) is 42.5 Å². The fourth-order valence-electron chi connectivity index (χ4n) is 6.18. The Morgan fingerprint density at radius 2 is 1.81 bits per heavy atom. The van der Waals surface area contributed by atoms with Gasteiger partial charge in [-0.1, -0.05) is 69.2 Å². The smallest absolute Gasteiger partial charge is 0.329 e. The number of carbonyl (C=O) groups is 2. The molecule has 0 radical (unpaired) electrons. The lowest BCUT2D eigenvalue weighted by molar-refractivity contribution is -0.139. The van der Waals surface area contributed by atoms with E-state index in [2.05, 4.69) is 43.9 Å². The van der Waals surface area contributed by atoms with Crippen molar-refractivity contribution in [2.75, 3.05) is 44.0 Å². The summed E-state index contributed by atoms with van der Waals surface area (Å²) >= 11 is 0. The average Bonchev–Trinajstić information content (AvgIpc) is 3.42. The van der Waals surface area contributed by atoms with Gasteiger partial charge >= 0.3 is 17.7 Å². The normalized spacial score (nSPS) is 15.8. The Morgan fingerprint density at radius 1 is 1.06 bits per heavy atom. The van der Waals surface area contributed by atoms with Gasteiger partial charge in [0.2, 0.25) is 5.91 Å². The number of nitrogens with one attached hydrogen (secondary N) is 2. The van der Waals surface area contributed by atoms with Gasteiger partial charge in [0, 0.05) is 31.9 Å². The number of aryl methyl sites for hydroxylation is 1. The highest BCUT2D eigenvalue weighted by atomic mass is 16.5. The number of aromatic amines is 1. The quantitative estimate of drug-likeness (QED) is 0.135. The second-order valence-corrected chi connectivity index (χ2v) is 12.1. The molecule has 2 aromatic heterocycles. The van der Waals surface area contributed by atoms with Crippen LogP contribution in [0, 0.1) is 6.92 Å². The van der Waals surface area contributed by atoms with E-state index in [1.807, 2.05) is 55.5 Å². The number of para-hydroxylation sites is 1. The molecule has 0 saturated carbocycles. The van der Waals surface area contributed by atoms with Crippen LogP contribution < -0.4 is 26.4 Å². The van der Waals surface area contributed by atoms with Crippen molar-refractivity contribution in [1.29, 1.82) is 0 Å². The maximum atomic E-state index is 13.8. The minimum Gasteiger partial charge on any atom is -0.469 e. The first-order chi connectivity index (χ1) is 23.2. The Morgan fingerprint density at radius 3 is 2.52 bits per heavy atom. The number of imidazole rings is 1. The van der Waals surface area contributed by atoms with Crippen LogP contribution in [0.3, 0.4) is 0 Å². The number of unbranched alkanes of at least 4 members (excludes halogenated alkanes) is 1. The fraction of sp³-hybridized carbons (Fsp3) is 0.457. The van der Waals surface area contributed by atoms with Crippen LogP contribution in [0.25, 0.3) is 11.2 Å². The van der Waals surface area contributed by atoms with Crippen LogP contribution in [-0.4, -0.2) is 75.7 Å². The van der Waals surface area contributed by atoms with Crippen LogP contribution in [-0.2, 0) is 27.3 Å². The molecule has 48 heavy (non-hydrogen) atoms. The molecule has 4 N–H and O–H groups in total. The van der Waals surface area contributed by atoms with E-state index in [0.717, 1.165) is 41.6 Å². The van der Waals surface area contributed by atoms with E-state index in [-0.39, 0.29) is 35.8 Å². The van der Waals surface area contributed by atoms with Gasteiger partial charge in [0.05, 0.1) is 26.2 Å². The number of nitrogens with two attached hydrogens (primary N) is 1. The molecular weight excluding hydrogens is 612 g/mol. The number of hydrogen-bond donors (Lipinski definition) is 3. The molecule has 0 spiro atoms. The lowest BCUT2D eigenvalue weighted by Crippen LogP contribution is -2.58. The molecule has 1 aliphatic heterocycles. The zero-order valence-electron chi connectivity index (χ0n) is 28.2. The van der Waals surface area contributed by atoms with E-state index in [1.54, 1.807) is 4.57 Å². The van der Waals surface area contributed by atoms with Crippen molar-refractivity contribution >= 4 is 34.5 Å². The summed E-state index contributed by atoms with van der Waals surface area (Å²) < 4.78 is 12.2. The maximum Gasteiger partial charge on any atom is 0.329 e. The van der Waals surface area contributed by atoms with E-state index < -0.39 is 12.2 Å². The average molecular weight is 659 g/mol. The number of carbonyl (C=O) groups excluding carboxylic acids is 2. The summed E-state index contributed by atoms with van der Waals surface area (Å²) in [6.07, 6.45) is 2.93. The van der Waals surface area contributed by atoms with Crippen molar-refractivity contribution in [2.24, 2.45) is 0 Å². The van der Waals surface area contributed by atoms with Crippen molar-refractivity contribution in [2.45, 2.75) is 71.6 Å². The molecule has 4 aromatic rings. The van der Waals surface area contributed by atoms with Crippen molar-refractivity contribution in [1.82, 2.24) is 29.7 Å². The molecule has 1 fully saturated rings. The van der Waals surface area contributed by atoms with Crippen LogP contribution in [0.1, 0.15) is 62.4 Å². The first-order valence-corrected chi connectivity index (χ1v) is 16.6. The highest BCUT2D eigenvalue weighted by Gasteiger charge is 2.37. The summed E-state index contributed by atoms with van der Waals surface area (Å²) in [7, 11) is 1.37. The van der Waals surface area contributed by atoms with E-state index in [0.29, 0.717) is 50.4 Å². The number of ether oxygens (including phenoxy) is 2. The molecule has 1 aliphatic rings. The number of aromatic nitrogens is 4. The largest absolute Gasteiger partial charge is 0.469 e. The molecule has 0 aliphatic carbocycles. The number of rotatable bonds is 14. The minimum absolute atomic E-state index is 0.0805. The number of esters is 1. The zero-order chi connectivity index (χ0) is 34.2. The fourth-order valence-corrected chi connectivity index (χ4v) is 6.18. The van der Waals surface area contributed by atoms with Gasteiger partial charge in [-0.15, -0.1) is 0 Å². The number of nitrogens with zero attached hydrogens (tertiary/aromatic N) is 5. The predicted octanol–water partition coefficient (Wildman–Crippen LogP) is 3.71. The number of amides is 1. The Bertz CT molecular complexity index is 1770. The summed E-state index contributed by atoms with van der Waals surface area (Å²) in [6, 6.07) is 15.3. The topological polar surface area (TPSA) is 161 Å². The molecule has 1 saturated heterocycles. The standard InChI is InChI=1S/C35H46N8O5/c1-5-7-19-48-34-39-31(36)30-32(40-34)43(35(46)38-30)28-22-41(17-18-42(28)26-12-9-8-11-23(26)3)27(10-6-2)33(45)37-21-25-15-13-24(14-16-25)20-29(44)47-4/h8-9,11-16,27-28H,5-7,10,17-22H2,1-4H3,(H,37,45)(H,38,46)(H2,36,39,40). The molecule has 2 aromatic carbocycles. The lowest BCUT2D eigenvalue weighted by Gasteiger charge is -2.45. The van der Waals surface area contributed by atoms with Crippen LogP contribution in [0.5, 0.6) is 6.01 Å². The van der Waals surface area contributed by atoms with Gasteiger partial charge in [0.1, 0.15) is 11.7 Å². The second-order valence-electron chi connectivity index (χ2n) is 12.1. The first-order valence-electron chi connectivity index (χ1n) is 16.6. The Labute approximate surface area is 280 Å². The zero-order valence-corrected chi connectivity index (χ0v) is 28.2. The number of nitrogen functional groups attached to an aromatic ring is 1. The highest BCUT2D eigenvalue weighted by Crippen LogP contribution is 2.32. The van der Waals surface area contributed by atoms with Crippen molar-refractivity contribution in [3.8, 4) is 6.01 Å². The van der Waals surface area contributed by atoms with Gasteiger partial charge in [-0.2, -0.15) is 9.97 Å². The number of fused-ring (bicyclic) bond motifs is 1. The molecule has 1 amide bonds. The number of H-pyrrole nitrogens is 1. The van der Waals surface area contributed by atoms with Crippen LogP contribution >= 0.6 is 0 Å². The van der Waals surface area contributed by atoms with Crippen molar-refractivity contribution in [3.63, 3.8) is 0 Å². The van der Waals surface area contributed by atoms with E-state index >= 15 is 0 Å². The Kier molecular flexibility index (Phi) is 11.3. The number of anilines is 2. The summed E-state index contributed by atoms with van der Waals surface area (Å²) in [5.41, 5.74) is 10.5. The van der Waals surface area contributed by atoms with Gasteiger partial charge in [-0.25, -0.2) is 4.79 Å². The van der Waals surface area contributed by atoms with Gasteiger partial charge in [-0.3, -0.25) is 19.1 Å². The van der Waals surface area contributed by atoms with Crippen LogP contribution in [0.2, 0.25) is 0 Å².